The second-order valence-electron chi connectivity index (χ2n) is 7.55. The maximum absolute atomic E-state index is 11.9. The molecule has 2 rings (SSSR count). The van der Waals surface area contributed by atoms with E-state index in [0.29, 0.717) is 18.4 Å². The lowest BCUT2D eigenvalue weighted by Crippen LogP contribution is -2.44. The summed E-state index contributed by atoms with van der Waals surface area (Å²) in [6, 6.07) is 6.11. The standard InChI is InChI=1S/C21H34N4O2/c1-16-10-18(12-19(11-16)27-4)14-23-21(24-15-20(26)25(2)3)22-13-17-8-6-5-7-9-17/h10-12,17H,5-9,13-15H2,1-4H3,(H2,22,23,24). The van der Waals surface area contributed by atoms with Gasteiger partial charge in [0.25, 0.3) is 0 Å². The van der Waals surface area contributed by atoms with Gasteiger partial charge in [-0.25, -0.2) is 4.99 Å². The van der Waals surface area contributed by atoms with Crippen molar-refractivity contribution in [3.63, 3.8) is 0 Å². The number of hydrogen-bond acceptors (Lipinski definition) is 3. The van der Waals surface area contributed by atoms with Crippen molar-refractivity contribution in [3.8, 4) is 5.75 Å². The molecular formula is C21H34N4O2. The molecular weight excluding hydrogens is 340 g/mol. The Hall–Kier alpha value is -2.24. The van der Waals surface area contributed by atoms with E-state index in [2.05, 4.69) is 16.7 Å². The highest BCUT2D eigenvalue weighted by Crippen LogP contribution is 2.22. The lowest BCUT2D eigenvalue weighted by molar-refractivity contribution is -0.127. The predicted molar refractivity (Wildman–Crippen MR) is 110 cm³/mol. The molecule has 0 saturated heterocycles. The van der Waals surface area contributed by atoms with Crippen molar-refractivity contribution >= 4 is 11.9 Å². The van der Waals surface area contributed by atoms with Gasteiger partial charge in [-0.1, -0.05) is 25.3 Å². The number of methoxy groups -OCH3 is 1. The Bertz CT molecular complexity index is 637. The molecule has 1 fully saturated rings. The molecule has 0 bridgehead atoms. The zero-order chi connectivity index (χ0) is 19.6. The summed E-state index contributed by atoms with van der Waals surface area (Å²) < 4.78 is 5.34. The van der Waals surface area contributed by atoms with Crippen molar-refractivity contribution in [2.24, 2.45) is 10.9 Å². The zero-order valence-electron chi connectivity index (χ0n) is 17.2. The first-order valence-electron chi connectivity index (χ1n) is 9.85. The molecule has 1 saturated carbocycles. The summed E-state index contributed by atoms with van der Waals surface area (Å²) in [5, 5.41) is 6.60. The van der Waals surface area contributed by atoms with E-state index in [9.17, 15) is 4.79 Å². The molecule has 0 aromatic heterocycles. The molecule has 0 unspecified atom stereocenters. The topological polar surface area (TPSA) is 66.0 Å². The fourth-order valence-electron chi connectivity index (χ4n) is 3.33. The summed E-state index contributed by atoms with van der Waals surface area (Å²) in [6.07, 6.45) is 6.52. The van der Waals surface area contributed by atoms with Crippen LogP contribution in [0.2, 0.25) is 0 Å². The third-order valence-corrected chi connectivity index (χ3v) is 4.95. The van der Waals surface area contributed by atoms with Crippen LogP contribution in [0.1, 0.15) is 43.2 Å². The minimum absolute atomic E-state index is 0.0272. The molecule has 6 heteroatoms. The summed E-state index contributed by atoms with van der Waals surface area (Å²) in [5.74, 6) is 2.25. The van der Waals surface area contributed by atoms with E-state index in [4.69, 9.17) is 9.73 Å². The van der Waals surface area contributed by atoms with Gasteiger partial charge in [0.1, 0.15) is 5.75 Å². The van der Waals surface area contributed by atoms with Gasteiger partial charge in [0.05, 0.1) is 20.2 Å². The Labute approximate surface area is 163 Å². The van der Waals surface area contributed by atoms with Crippen molar-refractivity contribution in [1.82, 2.24) is 15.5 Å². The quantitative estimate of drug-likeness (QED) is 0.569. The Kier molecular flexibility index (Phi) is 8.43. The van der Waals surface area contributed by atoms with Crippen LogP contribution < -0.4 is 15.4 Å². The fraction of sp³-hybridized carbons (Fsp3) is 0.619. The smallest absolute Gasteiger partial charge is 0.241 e. The summed E-state index contributed by atoms with van der Waals surface area (Å²) in [5.41, 5.74) is 2.23. The summed E-state index contributed by atoms with van der Waals surface area (Å²) in [7, 11) is 5.19. The highest BCUT2D eigenvalue weighted by molar-refractivity contribution is 5.86. The molecule has 1 aromatic rings. The average molecular weight is 375 g/mol. The lowest BCUT2D eigenvalue weighted by Gasteiger charge is -2.23. The Morgan fingerprint density at radius 2 is 1.93 bits per heavy atom. The minimum atomic E-state index is 0.0272. The number of amides is 1. The van der Waals surface area contributed by atoms with Gasteiger partial charge in [-0.15, -0.1) is 0 Å². The molecule has 0 spiro atoms. The second kappa shape index (κ2) is 10.8. The number of nitrogens with one attached hydrogen (secondary N) is 2. The van der Waals surface area contributed by atoms with E-state index in [1.165, 1.54) is 32.1 Å². The van der Waals surface area contributed by atoms with Crippen molar-refractivity contribution in [3.05, 3.63) is 29.3 Å². The van der Waals surface area contributed by atoms with Gasteiger partial charge in [-0.2, -0.15) is 0 Å². The van der Waals surface area contributed by atoms with E-state index < -0.39 is 0 Å². The predicted octanol–water partition coefficient (Wildman–Crippen LogP) is 2.71. The first-order chi connectivity index (χ1) is 13.0. The van der Waals surface area contributed by atoms with Crippen LogP contribution in [-0.4, -0.2) is 51.1 Å². The van der Waals surface area contributed by atoms with Crippen LogP contribution >= 0.6 is 0 Å². The first-order valence-corrected chi connectivity index (χ1v) is 9.85. The largest absolute Gasteiger partial charge is 0.497 e. The maximum Gasteiger partial charge on any atom is 0.241 e. The molecule has 0 radical (unpaired) electrons. The van der Waals surface area contributed by atoms with Crippen molar-refractivity contribution in [2.45, 2.75) is 45.6 Å². The average Bonchev–Trinajstić information content (AvgIpc) is 2.67. The number of benzene rings is 1. The fourth-order valence-corrected chi connectivity index (χ4v) is 3.33. The third kappa shape index (κ3) is 7.49. The van der Waals surface area contributed by atoms with E-state index in [1.807, 2.05) is 19.1 Å². The van der Waals surface area contributed by atoms with Gasteiger partial charge < -0.3 is 20.3 Å². The van der Waals surface area contributed by atoms with Gasteiger partial charge in [0.2, 0.25) is 5.91 Å². The van der Waals surface area contributed by atoms with Crippen LogP contribution in [0.3, 0.4) is 0 Å². The molecule has 150 valence electrons. The Morgan fingerprint density at radius 1 is 1.19 bits per heavy atom. The van der Waals surface area contributed by atoms with Gasteiger partial charge in [-0.3, -0.25) is 4.79 Å². The Balaban J connectivity index is 2.01. The molecule has 2 N–H and O–H groups in total. The second-order valence-corrected chi connectivity index (χ2v) is 7.55. The van der Waals surface area contributed by atoms with Crippen LogP contribution in [0.5, 0.6) is 5.75 Å². The number of rotatable bonds is 7. The molecule has 0 heterocycles. The van der Waals surface area contributed by atoms with Crippen molar-refractivity contribution in [2.75, 3.05) is 34.3 Å². The molecule has 27 heavy (non-hydrogen) atoms. The normalized spacial score (nSPS) is 15.3. The molecule has 1 aliphatic carbocycles. The number of carbonyl (C=O) groups is 1. The first kappa shape index (κ1) is 21.1. The highest BCUT2D eigenvalue weighted by atomic mass is 16.5. The molecule has 0 aliphatic heterocycles. The lowest BCUT2D eigenvalue weighted by atomic mass is 9.89. The number of carbonyl (C=O) groups excluding carboxylic acids is 1. The van der Waals surface area contributed by atoms with Gasteiger partial charge >= 0.3 is 0 Å². The van der Waals surface area contributed by atoms with Crippen LogP contribution in [0.15, 0.2) is 23.2 Å². The molecule has 6 nitrogen and oxygen atoms in total. The SMILES string of the molecule is COc1cc(C)cc(CN=C(NCC(=O)N(C)C)NCC2CCCCC2)c1. The number of aryl methyl sites for hydroxylation is 1. The number of guanidine groups is 1. The van der Waals surface area contributed by atoms with Gasteiger partial charge in [-0.05, 0) is 48.9 Å². The Morgan fingerprint density at radius 3 is 2.59 bits per heavy atom. The van der Waals surface area contributed by atoms with Crippen LogP contribution in [-0.2, 0) is 11.3 Å². The number of likely N-dealkylation sites (N-methyl/N-ethyl adjacent to an activating group) is 1. The van der Waals surface area contributed by atoms with Gasteiger partial charge in [0, 0.05) is 20.6 Å². The number of aliphatic imine (C=N–C) groups is 1. The van der Waals surface area contributed by atoms with Gasteiger partial charge in [0.15, 0.2) is 5.96 Å². The summed E-state index contributed by atoms with van der Waals surface area (Å²) >= 11 is 0. The van der Waals surface area contributed by atoms with Crippen molar-refractivity contribution in [1.29, 1.82) is 0 Å². The minimum Gasteiger partial charge on any atom is -0.497 e. The third-order valence-electron chi connectivity index (χ3n) is 4.95. The number of ether oxygens (including phenoxy) is 1. The molecule has 1 aliphatic rings. The summed E-state index contributed by atoms with van der Waals surface area (Å²) in [4.78, 5) is 18.2. The highest BCUT2D eigenvalue weighted by Gasteiger charge is 2.14. The van der Waals surface area contributed by atoms with Crippen LogP contribution in [0.25, 0.3) is 0 Å². The number of nitrogens with zero attached hydrogens (tertiary/aromatic N) is 2. The van der Waals surface area contributed by atoms with E-state index in [0.717, 1.165) is 23.4 Å². The molecule has 1 aromatic carbocycles. The summed E-state index contributed by atoms with van der Waals surface area (Å²) in [6.45, 7) is 3.72. The van der Waals surface area contributed by atoms with Crippen LogP contribution in [0, 0.1) is 12.8 Å². The van der Waals surface area contributed by atoms with Crippen molar-refractivity contribution < 1.29 is 9.53 Å². The van der Waals surface area contributed by atoms with E-state index >= 15 is 0 Å². The monoisotopic (exact) mass is 374 g/mol. The number of hydrogen-bond donors (Lipinski definition) is 2. The molecule has 0 atom stereocenters. The maximum atomic E-state index is 11.9. The van der Waals surface area contributed by atoms with Crippen LogP contribution in [0.4, 0.5) is 0 Å². The molecule has 1 amide bonds. The van der Waals surface area contributed by atoms with E-state index in [1.54, 1.807) is 26.1 Å². The van der Waals surface area contributed by atoms with E-state index in [-0.39, 0.29) is 12.5 Å². The zero-order valence-corrected chi connectivity index (χ0v) is 17.2.